The summed E-state index contributed by atoms with van der Waals surface area (Å²) in [5.41, 5.74) is 0.0662. The van der Waals surface area contributed by atoms with Crippen LogP contribution in [0.1, 0.15) is 12.8 Å². The molecule has 0 atom stereocenters. The van der Waals surface area contributed by atoms with Crippen LogP contribution in [0.3, 0.4) is 0 Å². The molecule has 0 unspecified atom stereocenters. The number of amides is 1. The lowest BCUT2D eigenvalue weighted by molar-refractivity contribution is 0.132. The monoisotopic (exact) mass is 393 g/mol. The Morgan fingerprint density at radius 1 is 1.30 bits per heavy atom. The van der Waals surface area contributed by atoms with Gasteiger partial charge in [-0.15, -0.1) is 0 Å². The zero-order chi connectivity index (χ0) is 19.6. The zero-order valence-corrected chi connectivity index (χ0v) is 15.7. The van der Waals surface area contributed by atoms with Gasteiger partial charge < -0.3 is 14.9 Å². The van der Waals surface area contributed by atoms with E-state index in [-0.39, 0.29) is 21.9 Å². The molecule has 2 aromatic rings. The smallest absolute Gasteiger partial charge is 0.407 e. The number of hydrogen-bond donors (Lipinski definition) is 1. The highest BCUT2D eigenvalue weighted by molar-refractivity contribution is 7.90. The quantitative estimate of drug-likeness (QED) is 0.710. The molecule has 3 heterocycles. The Balaban J connectivity index is 1.81. The van der Waals surface area contributed by atoms with Crippen LogP contribution in [0.2, 0.25) is 0 Å². The summed E-state index contributed by atoms with van der Waals surface area (Å²) >= 11 is 0. The Hall–Kier alpha value is -2.69. The lowest BCUT2D eigenvalue weighted by atomic mass is 10.1. The van der Waals surface area contributed by atoms with E-state index >= 15 is 0 Å². The van der Waals surface area contributed by atoms with E-state index in [0.717, 1.165) is 19.1 Å². The first kappa shape index (κ1) is 17.7. The van der Waals surface area contributed by atoms with Gasteiger partial charge in [0.05, 0.1) is 5.54 Å². The fourth-order valence-electron chi connectivity index (χ4n) is 3.68. The Morgan fingerprint density at radius 2 is 2.00 bits per heavy atom. The van der Waals surface area contributed by atoms with E-state index in [4.69, 9.17) is 0 Å². The zero-order valence-electron chi connectivity index (χ0n) is 14.9. The first-order valence-corrected chi connectivity index (χ1v) is 10.3. The molecule has 2 aromatic heterocycles. The van der Waals surface area contributed by atoms with Gasteiger partial charge in [-0.25, -0.2) is 18.2 Å². The minimum absolute atomic E-state index is 0.244. The van der Waals surface area contributed by atoms with Crippen LogP contribution >= 0.6 is 0 Å². The molecule has 0 bridgehead atoms. The van der Waals surface area contributed by atoms with Gasteiger partial charge in [0.2, 0.25) is 15.0 Å². The number of nitrogens with zero attached hydrogens (tertiary/aromatic N) is 5. The van der Waals surface area contributed by atoms with Gasteiger partial charge in [-0.3, -0.25) is 9.36 Å². The fourth-order valence-corrected chi connectivity index (χ4v) is 4.17. The first-order chi connectivity index (χ1) is 12.6. The van der Waals surface area contributed by atoms with Crippen LogP contribution in [0.25, 0.3) is 11.0 Å². The lowest BCUT2D eigenvalue weighted by Gasteiger charge is -2.42. The summed E-state index contributed by atoms with van der Waals surface area (Å²) < 4.78 is 24.7. The molecule has 1 N–H and O–H groups in total. The first-order valence-electron chi connectivity index (χ1n) is 8.45. The molecule has 1 aliphatic carbocycles. The molecule has 4 rings (SSSR count). The SMILES string of the molecule is Cn1c(=O)c(N2CCN(C(=O)O)CC23CC3)cc2cnc(S(C)(=O)=O)nc21. The van der Waals surface area contributed by atoms with Gasteiger partial charge in [0.15, 0.2) is 0 Å². The Kier molecular flexibility index (Phi) is 3.71. The summed E-state index contributed by atoms with van der Waals surface area (Å²) in [6, 6.07) is 1.67. The molecule has 27 heavy (non-hydrogen) atoms. The maximum atomic E-state index is 13.0. The van der Waals surface area contributed by atoms with Crippen molar-refractivity contribution < 1.29 is 18.3 Å². The van der Waals surface area contributed by atoms with E-state index in [9.17, 15) is 23.1 Å². The highest BCUT2D eigenvalue weighted by atomic mass is 32.2. The number of carboxylic acid groups (broad SMARTS) is 1. The highest BCUT2D eigenvalue weighted by Gasteiger charge is 2.53. The van der Waals surface area contributed by atoms with Crippen LogP contribution in [-0.4, -0.2) is 70.5 Å². The molecule has 2 fully saturated rings. The molecular weight excluding hydrogens is 374 g/mol. The Labute approximate surface area is 155 Å². The van der Waals surface area contributed by atoms with Crippen LogP contribution in [0.15, 0.2) is 22.2 Å². The van der Waals surface area contributed by atoms with Gasteiger partial charge >= 0.3 is 6.09 Å². The van der Waals surface area contributed by atoms with Crippen molar-refractivity contribution in [3.8, 4) is 0 Å². The predicted molar refractivity (Wildman–Crippen MR) is 96.8 cm³/mol. The molecule has 1 saturated heterocycles. The third kappa shape index (κ3) is 2.82. The molecule has 1 saturated carbocycles. The molecule has 10 nitrogen and oxygen atoms in total. The number of aryl methyl sites for hydroxylation is 1. The number of carbonyl (C=O) groups is 1. The number of anilines is 1. The third-order valence-electron chi connectivity index (χ3n) is 5.28. The third-order valence-corrected chi connectivity index (χ3v) is 6.14. The number of pyridine rings is 1. The van der Waals surface area contributed by atoms with Gasteiger partial charge in [-0.2, -0.15) is 4.98 Å². The van der Waals surface area contributed by atoms with Gasteiger partial charge in [0.1, 0.15) is 11.3 Å². The Morgan fingerprint density at radius 3 is 2.59 bits per heavy atom. The van der Waals surface area contributed by atoms with Crippen molar-refractivity contribution in [1.82, 2.24) is 19.4 Å². The van der Waals surface area contributed by atoms with E-state index in [1.165, 1.54) is 15.7 Å². The van der Waals surface area contributed by atoms with Gasteiger partial charge in [-0.1, -0.05) is 0 Å². The van der Waals surface area contributed by atoms with Crippen molar-refractivity contribution in [2.75, 3.05) is 30.8 Å². The standard InChI is InChI=1S/C16H19N5O5S/c1-19-12-10(8-17-14(18-12)27(2,25)26)7-11(13(19)22)21-6-5-20(15(23)24)9-16(21)3-4-16/h7-8H,3-6,9H2,1-2H3,(H,23,24). The number of aromatic nitrogens is 3. The van der Waals surface area contributed by atoms with Crippen molar-refractivity contribution in [3.05, 3.63) is 22.6 Å². The summed E-state index contributed by atoms with van der Waals surface area (Å²) in [4.78, 5) is 35.6. The largest absolute Gasteiger partial charge is 0.465 e. The number of rotatable bonds is 2. The van der Waals surface area contributed by atoms with Crippen molar-refractivity contribution in [2.24, 2.45) is 7.05 Å². The number of sulfone groups is 1. The van der Waals surface area contributed by atoms with E-state index in [1.807, 2.05) is 4.90 Å². The maximum Gasteiger partial charge on any atom is 0.407 e. The number of piperazine rings is 1. The van der Waals surface area contributed by atoms with Crippen molar-refractivity contribution in [3.63, 3.8) is 0 Å². The molecule has 144 valence electrons. The molecule has 11 heteroatoms. The molecule has 1 amide bonds. The van der Waals surface area contributed by atoms with E-state index < -0.39 is 15.9 Å². The average Bonchev–Trinajstić information content (AvgIpc) is 3.36. The second-order valence-corrected chi connectivity index (χ2v) is 9.09. The fraction of sp³-hybridized carbons (Fsp3) is 0.500. The summed E-state index contributed by atoms with van der Waals surface area (Å²) in [5.74, 6) is 0. The van der Waals surface area contributed by atoms with Crippen LogP contribution in [-0.2, 0) is 16.9 Å². The maximum absolute atomic E-state index is 13.0. The highest BCUT2D eigenvalue weighted by Crippen LogP contribution is 2.46. The van der Waals surface area contributed by atoms with Gasteiger partial charge in [-0.05, 0) is 18.9 Å². The molecule has 0 radical (unpaired) electrons. The topological polar surface area (TPSA) is 126 Å². The second kappa shape index (κ2) is 5.65. The van der Waals surface area contributed by atoms with Crippen molar-refractivity contribution in [1.29, 1.82) is 0 Å². The molecule has 1 aliphatic heterocycles. The van der Waals surface area contributed by atoms with Crippen LogP contribution in [0.4, 0.5) is 10.5 Å². The molecule has 0 aromatic carbocycles. The molecule has 1 spiro atoms. The number of hydrogen-bond acceptors (Lipinski definition) is 7. The molecular formula is C16H19N5O5S. The van der Waals surface area contributed by atoms with Crippen LogP contribution in [0, 0.1) is 0 Å². The van der Waals surface area contributed by atoms with Crippen molar-refractivity contribution in [2.45, 2.75) is 23.5 Å². The number of fused-ring (bicyclic) bond motifs is 1. The predicted octanol–water partition coefficient (Wildman–Crippen LogP) is 0.0646. The summed E-state index contributed by atoms with van der Waals surface area (Å²) in [6.45, 7) is 1.12. The normalized spacial score (nSPS) is 18.9. The van der Waals surface area contributed by atoms with Crippen LogP contribution < -0.4 is 10.5 Å². The van der Waals surface area contributed by atoms with E-state index in [1.54, 1.807) is 13.1 Å². The molecule has 2 aliphatic rings. The minimum Gasteiger partial charge on any atom is -0.465 e. The van der Waals surface area contributed by atoms with E-state index in [2.05, 4.69) is 9.97 Å². The second-order valence-electron chi connectivity index (χ2n) is 7.18. The summed E-state index contributed by atoms with van der Waals surface area (Å²) in [7, 11) is -2.04. The van der Waals surface area contributed by atoms with Gasteiger partial charge in [0.25, 0.3) is 5.56 Å². The van der Waals surface area contributed by atoms with E-state index in [0.29, 0.717) is 30.7 Å². The summed E-state index contributed by atoms with van der Waals surface area (Å²) in [5, 5.41) is 9.49. The lowest BCUT2D eigenvalue weighted by Crippen LogP contribution is -2.57. The minimum atomic E-state index is -3.59. The van der Waals surface area contributed by atoms with Gasteiger partial charge in [0, 0.05) is 44.5 Å². The van der Waals surface area contributed by atoms with Crippen LogP contribution in [0.5, 0.6) is 0 Å². The summed E-state index contributed by atoms with van der Waals surface area (Å²) in [6.07, 6.45) is 3.10. The Bertz CT molecular complexity index is 1120. The van der Waals surface area contributed by atoms with Crippen molar-refractivity contribution >= 4 is 32.7 Å². The average molecular weight is 393 g/mol.